The lowest BCUT2D eigenvalue weighted by molar-refractivity contribution is -0.396. The van der Waals surface area contributed by atoms with Gasteiger partial charge in [-0.05, 0) is 4.92 Å². The minimum absolute atomic E-state index is 0.109. The van der Waals surface area contributed by atoms with Crippen LogP contribution < -0.4 is 5.01 Å². The maximum atomic E-state index is 10.3. The Morgan fingerprint density at radius 2 is 2.36 bits per heavy atom. The summed E-state index contributed by atoms with van der Waals surface area (Å²) in [4.78, 5) is 13.4. The van der Waals surface area contributed by atoms with Crippen LogP contribution in [0.2, 0.25) is 0 Å². The number of aromatic nitrogens is 2. The lowest BCUT2D eigenvalue weighted by atomic mass is 10.9. The fraction of sp³-hybridized carbons (Fsp3) is 0.400. The molecule has 58 valence electrons. The zero-order valence-electron chi connectivity index (χ0n) is 5.67. The van der Waals surface area contributed by atoms with E-state index < -0.39 is 4.92 Å². The molecule has 6 heteroatoms. The van der Waals surface area contributed by atoms with Crippen molar-refractivity contribution in [3.8, 4) is 0 Å². The van der Waals surface area contributed by atoms with Crippen molar-refractivity contribution in [2.75, 3.05) is 18.1 Å². The summed E-state index contributed by atoms with van der Waals surface area (Å²) >= 11 is 0. The van der Waals surface area contributed by atoms with E-state index in [4.69, 9.17) is 0 Å². The van der Waals surface area contributed by atoms with Crippen molar-refractivity contribution in [3.05, 3.63) is 22.5 Å². The van der Waals surface area contributed by atoms with Crippen molar-refractivity contribution in [2.24, 2.45) is 0 Å². The summed E-state index contributed by atoms with van der Waals surface area (Å²) in [7, 11) is 0. The Hall–Kier alpha value is -1.59. The van der Waals surface area contributed by atoms with E-state index >= 15 is 0 Å². The van der Waals surface area contributed by atoms with Gasteiger partial charge in [0, 0.05) is 0 Å². The predicted molar refractivity (Wildman–Crippen MR) is 36.8 cm³/mol. The zero-order valence-corrected chi connectivity index (χ0v) is 5.67. The van der Waals surface area contributed by atoms with Crippen LogP contribution in [0.25, 0.3) is 0 Å². The molecule has 0 amide bonds. The Kier molecular flexibility index (Phi) is 1.09. The van der Waals surface area contributed by atoms with Gasteiger partial charge in [-0.25, -0.2) is 0 Å². The first-order chi connectivity index (χ1) is 5.29. The Morgan fingerprint density at radius 3 is 2.91 bits per heavy atom. The van der Waals surface area contributed by atoms with Gasteiger partial charge in [-0.15, -0.1) is 4.68 Å². The van der Waals surface area contributed by atoms with E-state index in [1.54, 1.807) is 6.20 Å². The lowest BCUT2D eigenvalue weighted by Gasteiger charge is -1.99. The van der Waals surface area contributed by atoms with Crippen LogP contribution in [0.4, 0.5) is 5.95 Å². The summed E-state index contributed by atoms with van der Waals surface area (Å²) < 4.78 is 1.46. The molecule has 1 aromatic heterocycles. The highest BCUT2D eigenvalue weighted by Crippen LogP contribution is 2.12. The van der Waals surface area contributed by atoms with Gasteiger partial charge in [-0.2, -0.15) is 0 Å². The van der Waals surface area contributed by atoms with E-state index in [0.717, 1.165) is 13.1 Å². The first-order valence-electron chi connectivity index (χ1n) is 3.22. The summed E-state index contributed by atoms with van der Waals surface area (Å²) in [5.74, 6) is -0.109. The highest BCUT2D eigenvalue weighted by Gasteiger charge is 2.27. The van der Waals surface area contributed by atoms with Crippen molar-refractivity contribution >= 4 is 5.95 Å². The molecule has 0 spiro atoms. The van der Waals surface area contributed by atoms with Crippen molar-refractivity contribution in [1.29, 1.82) is 0 Å². The van der Waals surface area contributed by atoms with Gasteiger partial charge >= 0.3 is 5.95 Å². The normalized spacial score (nSPS) is 15.1. The molecule has 11 heavy (non-hydrogen) atoms. The molecule has 2 rings (SSSR count). The number of hydrogen-bond donors (Lipinski definition) is 0. The van der Waals surface area contributed by atoms with Crippen molar-refractivity contribution < 1.29 is 4.92 Å². The van der Waals surface area contributed by atoms with Gasteiger partial charge in [0.25, 0.3) is 0 Å². The SMILES string of the molecule is O=[N+]([O-])c1nccn1N1CC1. The summed E-state index contributed by atoms with van der Waals surface area (Å²) in [6, 6.07) is 0. The second-order valence-electron chi connectivity index (χ2n) is 2.28. The number of hydrogen-bond acceptors (Lipinski definition) is 4. The van der Waals surface area contributed by atoms with Gasteiger partial charge in [-0.1, -0.05) is 4.98 Å². The van der Waals surface area contributed by atoms with Gasteiger partial charge in [0.05, 0.1) is 13.1 Å². The van der Waals surface area contributed by atoms with Crippen molar-refractivity contribution in [2.45, 2.75) is 0 Å². The first-order valence-corrected chi connectivity index (χ1v) is 3.22. The van der Waals surface area contributed by atoms with Crippen LogP contribution in [-0.2, 0) is 0 Å². The van der Waals surface area contributed by atoms with Gasteiger partial charge in [0.15, 0.2) is 0 Å². The van der Waals surface area contributed by atoms with Crippen LogP contribution in [0.5, 0.6) is 0 Å². The van der Waals surface area contributed by atoms with Crippen LogP contribution in [-0.4, -0.2) is 27.7 Å². The largest absolute Gasteiger partial charge is 0.456 e. The zero-order chi connectivity index (χ0) is 7.84. The van der Waals surface area contributed by atoms with E-state index in [2.05, 4.69) is 4.98 Å². The van der Waals surface area contributed by atoms with Crippen molar-refractivity contribution in [1.82, 2.24) is 9.66 Å². The van der Waals surface area contributed by atoms with Crippen LogP contribution in [0.1, 0.15) is 0 Å². The van der Waals surface area contributed by atoms with E-state index in [1.807, 2.05) is 5.01 Å². The second kappa shape index (κ2) is 1.94. The Bertz CT molecular complexity index is 290. The minimum atomic E-state index is -0.488. The third-order valence-electron chi connectivity index (χ3n) is 1.49. The third-order valence-corrected chi connectivity index (χ3v) is 1.49. The van der Waals surface area contributed by atoms with E-state index in [0.29, 0.717) is 0 Å². The van der Waals surface area contributed by atoms with Gasteiger partial charge < -0.3 is 10.1 Å². The van der Waals surface area contributed by atoms with E-state index in [1.165, 1.54) is 10.9 Å². The maximum absolute atomic E-state index is 10.3. The van der Waals surface area contributed by atoms with Crippen molar-refractivity contribution in [3.63, 3.8) is 0 Å². The van der Waals surface area contributed by atoms with Crippen LogP contribution in [0.15, 0.2) is 12.4 Å². The number of nitro groups is 1. The molecule has 0 atom stereocenters. The standard InChI is InChI=1S/C5H6N4O2/c10-9(11)5-6-1-2-8(5)7-3-4-7/h1-2H,3-4H2. The number of imidazole rings is 1. The highest BCUT2D eigenvalue weighted by molar-refractivity contribution is 5.16. The molecule has 1 aromatic rings. The van der Waals surface area contributed by atoms with E-state index in [-0.39, 0.29) is 5.95 Å². The quantitative estimate of drug-likeness (QED) is 0.334. The van der Waals surface area contributed by atoms with E-state index in [9.17, 15) is 10.1 Å². The molecule has 0 saturated carbocycles. The monoisotopic (exact) mass is 154 g/mol. The fourth-order valence-electron chi connectivity index (χ4n) is 0.901. The van der Waals surface area contributed by atoms with Gasteiger partial charge in [0.2, 0.25) is 0 Å². The molecule has 1 aliphatic heterocycles. The summed E-state index contributed by atoms with van der Waals surface area (Å²) in [6.07, 6.45) is 3.02. The molecule has 6 nitrogen and oxygen atoms in total. The Morgan fingerprint density at radius 1 is 1.64 bits per heavy atom. The molecule has 0 aliphatic carbocycles. The van der Waals surface area contributed by atoms with Crippen LogP contribution in [0, 0.1) is 10.1 Å². The molecule has 0 N–H and O–H groups in total. The van der Waals surface area contributed by atoms with Gasteiger partial charge in [0.1, 0.15) is 12.4 Å². The molecule has 1 aliphatic rings. The minimum Gasteiger partial charge on any atom is -0.390 e. The molecule has 1 saturated heterocycles. The maximum Gasteiger partial charge on any atom is 0.456 e. The summed E-state index contributed by atoms with van der Waals surface area (Å²) in [6.45, 7) is 1.74. The molecule has 0 radical (unpaired) electrons. The second-order valence-corrected chi connectivity index (χ2v) is 2.28. The molecule has 0 unspecified atom stereocenters. The predicted octanol–water partition coefficient (Wildman–Crippen LogP) is -0.257. The fourth-order valence-corrected chi connectivity index (χ4v) is 0.901. The molecular formula is C5H6N4O2. The number of nitrogens with zero attached hydrogens (tertiary/aromatic N) is 4. The molecule has 0 bridgehead atoms. The van der Waals surface area contributed by atoms with Crippen LogP contribution in [0.3, 0.4) is 0 Å². The highest BCUT2D eigenvalue weighted by atomic mass is 16.6. The Labute approximate surface area is 62.2 Å². The third kappa shape index (κ3) is 0.917. The topological polar surface area (TPSA) is 64.0 Å². The summed E-state index contributed by atoms with van der Waals surface area (Å²) in [5, 5.41) is 12.1. The smallest absolute Gasteiger partial charge is 0.390 e. The van der Waals surface area contributed by atoms with Gasteiger partial charge in [-0.3, -0.25) is 5.01 Å². The molecular weight excluding hydrogens is 148 g/mol. The average Bonchev–Trinajstić information content (AvgIpc) is 2.68. The molecule has 2 heterocycles. The molecule has 0 aromatic carbocycles. The molecule has 1 fully saturated rings. The summed E-state index contributed by atoms with van der Waals surface area (Å²) in [5.41, 5.74) is 0. The first kappa shape index (κ1) is 6.14. The van der Waals surface area contributed by atoms with Crippen LogP contribution >= 0.6 is 0 Å². The Balaban J connectivity index is 2.37. The lowest BCUT2D eigenvalue weighted by Crippen LogP contribution is -2.13. The average molecular weight is 154 g/mol. The number of rotatable bonds is 2.